The second kappa shape index (κ2) is 5.85. The molecule has 0 heterocycles. The van der Waals surface area contributed by atoms with Gasteiger partial charge in [-0.1, -0.05) is 47.0 Å². The number of rotatable bonds is 4. The van der Waals surface area contributed by atoms with E-state index < -0.39 is 5.41 Å². The van der Waals surface area contributed by atoms with Gasteiger partial charge in [-0.15, -0.1) is 0 Å². The van der Waals surface area contributed by atoms with E-state index in [1.54, 1.807) is 0 Å². The van der Waals surface area contributed by atoms with E-state index >= 15 is 0 Å². The van der Waals surface area contributed by atoms with Crippen LogP contribution in [0.3, 0.4) is 0 Å². The Hall–Kier alpha value is -0.870. The molecule has 1 aromatic rings. The fourth-order valence-electron chi connectivity index (χ4n) is 2.46. The molecule has 4 heteroatoms. The number of esters is 1. The zero-order valence-electron chi connectivity index (χ0n) is 10.3. The van der Waals surface area contributed by atoms with Gasteiger partial charge >= 0.3 is 5.97 Å². The highest BCUT2D eigenvalue weighted by Crippen LogP contribution is 2.38. The molecule has 0 bridgehead atoms. The maximum Gasteiger partial charge on any atom is 0.313 e. The number of ether oxygens (including phenoxy) is 1. The Morgan fingerprint density at radius 2 is 2.00 bits per heavy atom. The highest BCUT2D eigenvalue weighted by molar-refractivity contribution is 9.10. The number of nitrogens with two attached hydrogens (primary N) is 1. The maximum atomic E-state index is 12.2. The van der Waals surface area contributed by atoms with Gasteiger partial charge in [0, 0.05) is 16.6 Å². The molecule has 0 amide bonds. The van der Waals surface area contributed by atoms with Crippen molar-refractivity contribution in [2.75, 3.05) is 6.54 Å². The van der Waals surface area contributed by atoms with E-state index in [2.05, 4.69) is 15.9 Å². The van der Waals surface area contributed by atoms with Gasteiger partial charge in [0.1, 0.15) is 6.61 Å². The van der Waals surface area contributed by atoms with Crippen molar-refractivity contribution in [3.05, 3.63) is 34.3 Å². The van der Waals surface area contributed by atoms with Crippen molar-refractivity contribution in [2.45, 2.75) is 32.3 Å². The number of carbonyl (C=O) groups is 1. The molecule has 0 unspecified atom stereocenters. The van der Waals surface area contributed by atoms with Crippen molar-refractivity contribution in [3.63, 3.8) is 0 Å². The molecule has 0 aliphatic heterocycles. The standard InChI is InChI=1S/C14H18BrNO2/c15-12-6-2-1-5-11(12)9-18-13(17)14(10-16)7-3-4-8-14/h1-2,5-6H,3-4,7-10,16H2. The first-order valence-electron chi connectivity index (χ1n) is 6.29. The predicted octanol–water partition coefficient (Wildman–Crippen LogP) is 3.01. The second-order valence-corrected chi connectivity index (χ2v) is 5.71. The number of hydrogen-bond acceptors (Lipinski definition) is 3. The lowest BCUT2D eigenvalue weighted by atomic mass is 9.86. The molecular weight excluding hydrogens is 294 g/mol. The molecule has 0 radical (unpaired) electrons. The maximum absolute atomic E-state index is 12.2. The van der Waals surface area contributed by atoms with Gasteiger partial charge in [0.25, 0.3) is 0 Å². The molecule has 98 valence electrons. The van der Waals surface area contributed by atoms with Crippen molar-refractivity contribution in [2.24, 2.45) is 11.1 Å². The fourth-order valence-corrected chi connectivity index (χ4v) is 2.85. The van der Waals surface area contributed by atoms with Crippen LogP contribution in [0, 0.1) is 5.41 Å². The topological polar surface area (TPSA) is 52.3 Å². The Balaban J connectivity index is 1.98. The Kier molecular flexibility index (Phi) is 4.40. The Morgan fingerprint density at radius 1 is 1.33 bits per heavy atom. The molecule has 0 spiro atoms. The van der Waals surface area contributed by atoms with Crippen LogP contribution in [0.15, 0.2) is 28.7 Å². The third-order valence-electron chi connectivity index (χ3n) is 3.70. The lowest BCUT2D eigenvalue weighted by Crippen LogP contribution is -2.37. The minimum Gasteiger partial charge on any atom is -0.460 e. The number of benzene rings is 1. The summed E-state index contributed by atoms with van der Waals surface area (Å²) in [5, 5.41) is 0. The monoisotopic (exact) mass is 311 g/mol. The van der Waals surface area contributed by atoms with Crippen molar-refractivity contribution >= 4 is 21.9 Å². The highest BCUT2D eigenvalue weighted by atomic mass is 79.9. The molecule has 0 aromatic heterocycles. The molecule has 1 fully saturated rings. The average molecular weight is 312 g/mol. The minimum absolute atomic E-state index is 0.141. The Morgan fingerprint density at radius 3 is 2.61 bits per heavy atom. The summed E-state index contributed by atoms with van der Waals surface area (Å²) in [6.07, 6.45) is 3.86. The van der Waals surface area contributed by atoms with Crippen LogP contribution in [0.25, 0.3) is 0 Å². The van der Waals surface area contributed by atoms with Crippen LogP contribution in [0.5, 0.6) is 0 Å². The van der Waals surface area contributed by atoms with Crippen molar-refractivity contribution in [1.29, 1.82) is 0 Å². The molecule has 1 saturated carbocycles. The molecule has 1 aromatic carbocycles. The summed E-state index contributed by atoms with van der Waals surface area (Å²) in [5.74, 6) is -0.141. The van der Waals surface area contributed by atoms with E-state index in [-0.39, 0.29) is 5.97 Å². The fraction of sp³-hybridized carbons (Fsp3) is 0.500. The molecule has 1 aliphatic carbocycles. The van der Waals surface area contributed by atoms with Crippen molar-refractivity contribution in [1.82, 2.24) is 0 Å². The number of hydrogen-bond donors (Lipinski definition) is 1. The summed E-state index contributed by atoms with van der Waals surface area (Å²) >= 11 is 3.44. The average Bonchev–Trinajstić information content (AvgIpc) is 2.87. The lowest BCUT2D eigenvalue weighted by molar-refractivity contribution is -0.156. The first kappa shape index (κ1) is 13.6. The third-order valence-corrected chi connectivity index (χ3v) is 4.47. The molecule has 2 N–H and O–H groups in total. The second-order valence-electron chi connectivity index (χ2n) is 4.86. The molecule has 0 saturated heterocycles. The van der Waals surface area contributed by atoms with E-state index in [9.17, 15) is 4.79 Å². The van der Waals surface area contributed by atoms with Crippen LogP contribution in [-0.2, 0) is 16.1 Å². The summed E-state index contributed by atoms with van der Waals surface area (Å²) in [4.78, 5) is 12.2. The molecular formula is C14H18BrNO2. The molecule has 1 aliphatic rings. The summed E-state index contributed by atoms with van der Waals surface area (Å²) in [5.41, 5.74) is 6.31. The smallest absolute Gasteiger partial charge is 0.313 e. The normalized spacial score (nSPS) is 17.7. The number of carbonyl (C=O) groups excluding carboxylic acids is 1. The summed E-state index contributed by atoms with van der Waals surface area (Å²) in [6.45, 7) is 0.698. The third kappa shape index (κ3) is 2.75. The zero-order valence-corrected chi connectivity index (χ0v) is 11.9. The summed E-state index contributed by atoms with van der Waals surface area (Å²) in [7, 11) is 0. The van der Waals surface area contributed by atoms with Gasteiger partial charge in [-0.3, -0.25) is 4.79 Å². The first-order valence-corrected chi connectivity index (χ1v) is 7.08. The molecule has 0 atom stereocenters. The summed E-state index contributed by atoms with van der Waals surface area (Å²) in [6, 6.07) is 7.76. The molecule has 18 heavy (non-hydrogen) atoms. The van der Waals surface area contributed by atoms with Crippen molar-refractivity contribution < 1.29 is 9.53 Å². The van der Waals surface area contributed by atoms with E-state index in [0.29, 0.717) is 13.2 Å². The van der Waals surface area contributed by atoms with Gasteiger partial charge in [-0.05, 0) is 18.9 Å². The van der Waals surface area contributed by atoms with Crippen LogP contribution in [0.4, 0.5) is 0 Å². The van der Waals surface area contributed by atoms with Crippen LogP contribution < -0.4 is 5.73 Å². The van der Waals surface area contributed by atoms with Gasteiger partial charge < -0.3 is 10.5 Å². The van der Waals surface area contributed by atoms with Gasteiger partial charge in [0.2, 0.25) is 0 Å². The summed E-state index contributed by atoms with van der Waals surface area (Å²) < 4.78 is 6.40. The van der Waals surface area contributed by atoms with Crippen LogP contribution in [0.1, 0.15) is 31.2 Å². The largest absolute Gasteiger partial charge is 0.460 e. The highest BCUT2D eigenvalue weighted by Gasteiger charge is 2.41. The first-order chi connectivity index (χ1) is 8.68. The van der Waals surface area contributed by atoms with Crippen LogP contribution >= 0.6 is 15.9 Å². The van der Waals surface area contributed by atoms with Crippen LogP contribution in [-0.4, -0.2) is 12.5 Å². The SMILES string of the molecule is NCC1(C(=O)OCc2ccccc2Br)CCCC1. The van der Waals surface area contributed by atoms with Crippen molar-refractivity contribution in [3.8, 4) is 0 Å². The van der Waals surface area contributed by atoms with Gasteiger partial charge in [0.05, 0.1) is 5.41 Å². The Bertz CT molecular complexity index is 428. The van der Waals surface area contributed by atoms with E-state index in [1.807, 2.05) is 24.3 Å². The van der Waals surface area contributed by atoms with E-state index in [1.165, 1.54) is 0 Å². The predicted molar refractivity (Wildman–Crippen MR) is 73.9 cm³/mol. The van der Waals surface area contributed by atoms with Crippen LogP contribution in [0.2, 0.25) is 0 Å². The lowest BCUT2D eigenvalue weighted by Gasteiger charge is -2.24. The van der Waals surface area contributed by atoms with E-state index in [4.69, 9.17) is 10.5 Å². The van der Waals surface area contributed by atoms with Gasteiger partial charge in [-0.25, -0.2) is 0 Å². The van der Waals surface area contributed by atoms with Gasteiger partial charge in [-0.2, -0.15) is 0 Å². The quantitative estimate of drug-likeness (QED) is 0.870. The number of halogens is 1. The molecule has 2 rings (SSSR count). The van der Waals surface area contributed by atoms with Gasteiger partial charge in [0.15, 0.2) is 0 Å². The Labute approximate surface area is 116 Å². The van der Waals surface area contributed by atoms with E-state index in [0.717, 1.165) is 35.7 Å². The molecule has 3 nitrogen and oxygen atoms in total. The minimum atomic E-state index is -0.429. The zero-order chi connectivity index (χ0) is 13.0.